The molecule has 0 aliphatic carbocycles. The quantitative estimate of drug-likeness (QED) is 0.386. The van der Waals surface area contributed by atoms with E-state index in [9.17, 15) is 14.4 Å². The molecule has 2 heterocycles. The van der Waals surface area contributed by atoms with Gasteiger partial charge >= 0.3 is 5.97 Å². The Balaban J connectivity index is 1.65. The minimum absolute atomic E-state index is 0.140. The lowest BCUT2D eigenvalue weighted by Gasteiger charge is -2.49. The van der Waals surface area contributed by atoms with Gasteiger partial charge in [-0.3, -0.25) is 14.5 Å². The predicted octanol–water partition coefficient (Wildman–Crippen LogP) is 2.34. The van der Waals surface area contributed by atoms with E-state index in [1.165, 1.54) is 16.7 Å². The number of halogens is 1. The lowest BCUT2D eigenvalue weighted by Crippen LogP contribution is -2.71. The van der Waals surface area contributed by atoms with Gasteiger partial charge in [-0.05, 0) is 37.3 Å². The van der Waals surface area contributed by atoms with Crippen molar-refractivity contribution >= 4 is 49.5 Å². The Morgan fingerprint density at radius 2 is 1.97 bits per heavy atom. The number of alkyl halides is 1. The maximum atomic E-state index is 12.7. The Labute approximate surface area is 179 Å². The highest BCUT2D eigenvalue weighted by atomic mass is 35.5. The molecule has 0 radical (unpaired) electrons. The molecule has 3 rings (SSSR count). The molecule has 1 aromatic rings. The Morgan fingerprint density at radius 3 is 2.59 bits per heavy atom. The Hall–Kier alpha value is -1.97. The largest absolute Gasteiger partial charge is 0.515 e. The minimum atomic E-state index is -2.14. The molecule has 2 amide bonds. The van der Waals surface area contributed by atoms with Gasteiger partial charge in [0, 0.05) is 11.6 Å². The van der Waals surface area contributed by atoms with Crippen molar-refractivity contribution in [1.29, 1.82) is 0 Å². The number of nitrogens with one attached hydrogen (secondary N) is 1. The van der Waals surface area contributed by atoms with Crippen LogP contribution in [0.5, 0.6) is 5.75 Å². The normalized spacial score (nSPS) is 21.2. The van der Waals surface area contributed by atoms with Gasteiger partial charge in [0.1, 0.15) is 22.9 Å². The molecule has 0 spiro atoms. The average molecular weight is 455 g/mol. The maximum absolute atomic E-state index is 12.7. The molecule has 1 N–H and O–H groups in total. The van der Waals surface area contributed by atoms with Gasteiger partial charge in [0.25, 0.3) is 11.8 Å². The molecule has 0 aromatic heterocycles. The van der Waals surface area contributed by atoms with Gasteiger partial charge in [-0.2, -0.15) is 0 Å². The Morgan fingerprint density at radius 1 is 1.28 bits per heavy atom. The van der Waals surface area contributed by atoms with Crippen molar-refractivity contribution in [1.82, 2.24) is 10.2 Å². The van der Waals surface area contributed by atoms with Gasteiger partial charge in [0.2, 0.25) is 8.32 Å². The number of carbonyl (C=O) groups is 3. The second-order valence-corrected chi connectivity index (χ2v) is 13.4. The number of hydrogen-bond acceptors (Lipinski definition) is 6. The van der Waals surface area contributed by atoms with E-state index in [1.54, 1.807) is 24.3 Å². The summed E-state index contributed by atoms with van der Waals surface area (Å²) in [6.07, 6.45) is 0. The third-order valence-electron chi connectivity index (χ3n) is 4.23. The number of thioether (sulfide) groups is 1. The number of β-lactam (4-membered cyclic amide) rings is 1. The van der Waals surface area contributed by atoms with Gasteiger partial charge in [0.15, 0.2) is 6.61 Å². The van der Waals surface area contributed by atoms with Crippen molar-refractivity contribution in [2.45, 2.75) is 31.1 Å². The Bertz CT molecular complexity index is 843. The van der Waals surface area contributed by atoms with E-state index in [1.807, 2.05) is 25.7 Å². The first-order valence-corrected chi connectivity index (χ1v) is 14.1. The van der Waals surface area contributed by atoms with Crippen molar-refractivity contribution in [2.24, 2.45) is 0 Å². The summed E-state index contributed by atoms with van der Waals surface area (Å²) in [5, 5.41) is 2.34. The first kappa shape index (κ1) is 21.7. The van der Waals surface area contributed by atoms with Crippen molar-refractivity contribution in [3.05, 3.63) is 41.6 Å². The minimum Gasteiger partial charge on any atom is -0.515 e. The number of benzene rings is 1. The fraction of sp³-hybridized carbons (Fsp3) is 0.421. The number of para-hydroxylation sites is 1. The maximum Gasteiger partial charge on any atom is 0.341 e. The molecule has 1 aromatic carbocycles. The van der Waals surface area contributed by atoms with Crippen molar-refractivity contribution in [3.8, 4) is 5.75 Å². The average Bonchev–Trinajstić information content (AvgIpc) is 2.68. The summed E-state index contributed by atoms with van der Waals surface area (Å²) in [4.78, 5) is 39.1. The molecule has 7 nitrogen and oxygen atoms in total. The lowest BCUT2D eigenvalue weighted by molar-refractivity contribution is -0.150. The predicted molar refractivity (Wildman–Crippen MR) is 114 cm³/mol. The van der Waals surface area contributed by atoms with Crippen LogP contribution in [0, 0.1) is 0 Å². The van der Waals surface area contributed by atoms with E-state index in [4.69, 9.17) is 20.8 Å². The molecule has 0 saturated carbocycles. The molecule has 10 heteroatoms. The van der Waals surface area contributed by atoms with Crippen LogP contribution in [-0.2, 0) is 18.8 Å². The highest BCUT2D eigenvalue weighted by Crippen LogP contribution is 2.41. The first-order chi connectivity index (χ1) is 13.7. The Kier molecular flexibility index (Phi) is 6.60. The molecule has 0 bridgehead atoms. The molecular formula is C19H23ClN2O5SSi. The molecule has 29 heavy (non-hydrogen) atoms. The van der Waals surface area contributed by atoms with E-state index in [0.717, 1.165) is 0 Å². The van der Waals surface area contributed by atoms with Crippen LogP contribution in [0.15, 0.2) is 41.6 Å². The summed E-state index contributed by atoms with van der Waals surface area (Å²) in [7, 11) is -2.14. The third-order valence-corrected chi connectivity index (χ3v) is 6.69. The number of carbonyl (C=O) groups excluding carboxylic acids is 3. The van der Waals surface area contributed by atoms with Gasteiger partial charge in [0.05, 0.1) is 0 Å². The van der Waals surface area contributed by atoms with Crippen LogP contribution in [0.4, 0.5) is 0 Å². The van der Waals surface area contributed by atoms with Crippen LogP contribution in [0.1, 0.15) is 0 Å². The zero-order chi connectivity index (χ0) is 21.2. The zero-order valence-electron chi connectivity index (χ0n) is 16.4. The van der Waals surface area contributed by atoms with Gasteiger partial charge in [-0.25, -0.2) is 4.79 Å². The lowest BCUT2D eigenvalue weighted by atomic mass is 10.0. The van der Waals surface area contributed by atoms with Crippen LogP contribution in [-0.4, -0.2) is 60.7 Å². The molecule has 2 atom stereocenters. The fourth-order valence-electron chi connectivity index (χ4n) is 2.98. The molecule has 2 aliphatic rings. The van der Waals surface area contributed by atoms with Crippen LogP contribution in [0.2, 0.25) is 19.6 Å². The summed E-state index contributed by atoms with van der Waals surface area (Å²) >= 11 is 7.47. The SMILES string of the molecule is C[Si](C)(C)OC(=O)C1=C(CCl)CS[C@@H]2C(NC(=O)COc3ccccc3)C(=O)N12. The van der Waals surface area contributed by atoms with E-state index in [2.05, 4.69) is 5.32 Å². The van der Waals surface area contributed by atoms with Crippen LogP contribution >= 0.6 is 23.4 Å². The van der Waals surface area contributed by atoms with Crippen LogP contribution < -0.4 is 10.1 Å². The number of ether oxygens (including phenoxy) is 1. The number of amides is 2. The molecule has 1 unspecified atom stereocenters. The summed E-state index contributed by atoms with van der Waals surface area (Å²) in [5.41, 5.74) is 0.893. The van der Waals surface area contributed by atoms with E-state index < -0.39 is 26.2 Å². The zero-order valence-corrected chi connectivity index (χ0v) is 19.0. The first-order valence-electron chi connectivity index (χ1n) is 9.14. The van der Waals surface area contributed by atoms with Crippen molar-refractivity contribution in [2.75, 3.05) is 18.2 Å². The molecular weight excluding hydrogens is 432 g/mol. The standard InChI is InChI=1S/C19H23ClN2O5SSi/c1-29(2,3)27-19(25)16-12(9-20)11-28-18-15(17(24)22(16)18)21-14(23)10-26-13-7-5-4-6-8-13/h4-8,15,18H,9-11H2,1-3H3,(H,21,23)/t15?,18-/m1/s1. The highest BCUT2D eigenvalue weighted by molar-refractivity contribution is 8.00. The summed E-state index contributed by atoms with van der Waals surface area (Å²) < 4.78 is 11.0. The topological polar surface area (TPSA) is 84.9 Å². The molecule has 1 saturated heterocycles. The van der Waals surface area contributed by atoms with Crippen molar-refractivity contribution < 1.29 is 23.5 Å². The van der Waals surface area contributed by atoms with Crippen LogP contribution in [0.25, 0.3) is 0 Å². The van der Waals surface area contributed by atoms with Gasteiger partial charge in [-0.15, -0.1) is 23.4 Å². The molecule has 2 aliphatic heterocycles. The second-order valence-electron chi connectivity index (χ2n) is 7.64. The van der Waals surface area contributed by atoms with Crippen LogP contribution in [0.3, 0.4) is 0 Å². The molecule has 1 fully saturated rings. The number of nitrogens with zero attached hydrogens (tertiary/aromatic N) is 1. The van der Waals surface area contributed by atoms with E-state index in [-0.39, 0.29) is 29.5 Å². The summed E-state index contributed by atoms with van der Waals surface area (Å²) in [5.74, 6) is -0.0492. The van der Waals surface area contributed by atoms with Gasteiger partial charge in [-0.1, -0.05) is 18.2 Å². The highest BCUT2D eigenvalue weighted by Gasteiger charge is 2.54. The summed E-state index contributed by atoms with van der Waals surface area (Å²) in [6, 6.07) is 8.24. The van der Waals surface area contributed by atoms with Gasteiger partial charge < -0.3 is 14.5 Å². The molecule has 156 valence electrons. The third kappa shape index (κ3) is 4.96. The second kappa shape index (κ2) is 8.81. The number of fused-ring (bicyclic) bond motifs is 1. The monoisotopic (exact) mass is 454 g/mol. The number of hydrogen-bond donors (Lipinski definition) is 1. The summed E-state index contributed by atoms with van der Waals surface area (Å²) in [6.45, 7) is 5.50. The smallest absolute Gasteiger partial charge is 0.341 e. The fourth-order valence-corrected chi connectivity index (χ4v) is 5.31. The number of rotatable bonds is 7. The van der Waals surface area contributed by atoms with E-state index >= 15 is 0 Å². The van der Waals surface area contributed by atoms with E-state index in [0.29, 0.717) is 17.1 Å². The van der Waals surface area contributed by atoms with Crippen molar-refractivity contribution in [3.63, 3.8) is 0 Å².